The third-order valence-corrected chi connectivity index (χ3v) is 8.88. The van der Waals surface area contributed by atoms with Gasteiger partial charge < -0.3 is 35.8 Å². The molecular weight excluding hydrogens is 636 g/mol. The van der Waals surface area contributed by atoms with Crippen molar-refractivity contribution in [2.75, 3.05) is 7.11 Å². The van der Waals surface area contributed by atoms with Gasteiger partial charge in [-0.1, -0.05) is 40.5 Å². The molecule has 0 radical (unpaired) electrons. The standard InChI is InChI=1S/C30H46N6O8S2/c1-10-15(3)21(26(40)36-23(17(5)37)28(41)43-9)34-25(39)19-14-46-27(33-19)22(16(4)11-2)35-24(38)18-13-45-20(32-18)12-31-29(42)44-30(6,7)8/h13-17,21-23,37H,10-12H2,1-9H3,(H,31,42)(H,34,39)(H,35,38)(H,36,40)/t15-,16-,17-,21-,22+,23-/m0/s1. The maximum Gasteiger partial charge on any atom is 0.408 e. The van der Waals surface area contributed by atoms with E-state index in [2.05, 4.69) is 36.0 Å². The van der Waals surface area contributed by atoms with E-state index in [-0.39, 0.29) is 29.8 Å². The fourth-order valence-electron chi connectivity index (χ4n) is 4.05. The monoisotopic (exact) mass is 682 g/mol. The molecular formula is C30H46N6O8S2. The van der Waals surface area contributed by atoms with E-state index in [0.29, 0.717) is 22.9 Å². The second-order valence-corrected chi connectivity index (χ2v) is 13.8. The van der Waals surface area contributed by atoms with Gasteiger partial charge in [0.05, 0.1) is 25.8 Å². The van der Waals surface area contributed by atoms with E-state index in [4.69, 9.17) is 4.74 Å². The lowest BCUT2D eigenvalue weighted by atomic mass is 9.97. The number of rotatable bonds is 15. The smallest absolute Gasteiger partial charge is 0.408 e. The highest BCUT2D eigenvalue weighted by Crippen LogP contribution is 2.28. The number of carbonyl (C=O) groups excluding carboxylic acids is 5. The largest absolute Gasteiger partial charge is 0.467 e. The molecule has 0 aliphatic carbocycles. The lowest BCUT2D eigenvalue weighted by Gasteiger charge is -2.26. The Balaban J connectivity index is 2.16. The minimum atomic E-state index is -1.30. The molecule has 2 aromatic heterocycles. The normalized spacial score (nSPS) is 15.3. The Morgan fingerprint density at radius 3 is 2.02 bits per heavy atom. The first-order valence-corrected chi connectivity index (χ1v) is 16.8. The van der Waals surface area contributed by atoms with Crippen LogP contribution in [0, 0.1) is 11.8 Å². The minimum absolute atomic E-state index is 0.0488. The molecule has 4 amide bonds. The molecule has 5 N–H and O–H groups in total. The third-order valence-electron chi connectivity index (χ3n) is 7.10. The number of ether oxygens (including phenoxy) is 2. The molecule has 0 bridgehead atoms. The first-order chi connectivity index (χ1) is 21.5. The summed E-state index contributed by atoms with van der Waals surface area (Å²) in [6.07, 6.45) is -0.566. The number of nitrogens with zero attached hydrogens (tertiary/aromatic N) is 2. The summed E-state index contributed by atoms with van der Waals surface area (Å²) in [7, 11) is 1.15. The van der Waals surface area contributed by atoms with Crippen molar-refractivity contribution in [1.82, 2.24) is 31.2 Å². The van der Waals surface area contributed by atoms with Crippen LogP contribution in [0.3, 0.4) is 0 Å². The Bertz CT molecular complexity index is 1350. The second-order valence-electron chi connectivity index (χ2n) is 12.0. The van der Waals surface area contributed by atoms with Crippen LogP contribution in [0.1, 0.15) is 105 Å². The molecule has 0 aliphatic heterocycles. The van der Waals surface area contributed by atoms with Crippen molar-refractivity contribution in [1.29, 1.82) is 0 Å². The van der Waals surface area contributed by atoms with Gasteiger partial charge in [-0.3, -0.25) is 14.4 Å². The average molecular weight is 683 g/mol. The summed E-state index contributed by atoms with van der Waals surface area (Å²) in [4.78, 5) is 72.5. The molecule has 2 aromatic rings. The van der Waals surface area contributed by atoms with E-state index in [0.717, 1.165) is 7.11 Å². The molecule has 2 heterocycles. The van der Waals surface area contributed by atoms with Gasteiger partial charge in [-0.25, -0.2) is 19.6 Å². The molecule has 0 aliphatic rings. The third kappa shape index (κ3) is 11.3. The van der Waals surface area contributed by atoms with E-state index >= 15 is 0 Å². The van der Waals surface area contributed by atoms with Crippen LogP contribution in [-0.4, -0.2) is 75.8 Å². The number of hydrogen-bond acceptors (Lipinski definition) is 12. The quantitative estimate of drug-likeness (QED) is 0.174. The Kier molecular flexibility index (Phi) is 14.5. The molecule has 256 valence electrons. The molecule has 16 heteroatoms. The zero-order chi connectivity index (χ0) is 34.8. The van der Waals surface area contributed by atoms with Crippen LogP contribution >= 0.6 is 22.7 Å². The number of alkyl carbamates (subject to hydrolysis) is 1. The number of aliphatic hydroxyl groups is 1. The van der Waals surface area contributed by atoms with Crippen molar-refractivity contribution in [3.8, 4) is 0 Å². The first kappa shape index (κ1) is 38.6. The summed E-state index contributed by atoms with van der Waals surface area (Å²) in [6.45, 7) is 14.3. The van der Waals surface area contributed by atoms with Crippen LogP contribution in [0.15, 0.2) is 10.8 Å². The fraction of sp³-hybridized carbons (Fsp3) is 0.633. The van der Waals surface area contributed by atoms with E-state index in [9.17, 15) is 29.1 Å². The number of aromatic nitrogens is 2. The van der Waals surface area contributed by atoms with Crippen molar-refractivity contribution in [3.63, 3.8) is 0 Å². The molecule has 6 atom stereocenters. The highest BCUT2D eigenvalue weighted by molar-refractivity contribution is 7.10. The van der Waals surface area contributed by atoms with Crippen LogP contribution < -0.4 is 21.3 Å². The van der Waals surface area contributed by atoms with E-state index < -0.39 is 59.6 Å². The van der Waals surface area contributed by atoms with Gasteiger partial charge in [0.1, 0.15) is 33.0 Å². The van der Waals surface area contributed by atoms with Gasteiger partial charge >= 0.3 is 12.1 Å². The maximum absolute atomic E-state index is 13.3. The van der Waals surface area contributed by atoms with E-state index in [1.807, 2.05) is 20.8 Å². The van der Waals surface area contributed by atoms with Crippen LogP contribution in [0.25, 0.3) is 0 Å². The van der Waals surface area contributed by atoms with Gasteiger partial charge in [-0.15, -0.1) is 22.7 Å². The van der Waals surface area contributed by atoms with E-state index in [1.165, 1.54) is 29.6 Å². The number of thiazole rings is 2. The van der Waals surface area contributed by atoms with Crippen molar-refractivity contribution >= 4 is 52.5 Å². The molecule has 14 nitrogen and oxygen atoms in total. The number of carbonyl (C=O) groups is 5. The Morgan fingerprint density at radius 2 is 1.46 bits per heavy atom. The van der Waals surface area contributed by atoms with Crippen LogP contribution in [0.4, 0.5) is 4.79 Å². The molecule has 0 saturated carbocycles. The highest BCUT2D eigenvalue weighted by atomic mass is 32.1. The van der Waals surface area contributed by atoms with Crippen LogP contribution in [0.5, 0.6) is 0 Å². The summed E-state index contributed by atoms with van der Waals surface area (Å²) in [5, 5.41) is 24.9. The predicted molar refractivity (Wildman–Crippen MR) is 173 cm³/mol. The first-order valence-electron chi connectivity index (χ1n) is 15.1. The molecule has 0 saturated heterocycles. The highest BCUT2D eigenvalue weighted by Gasteiger charge is 2.33. The van der Waals surface area contributed by atoms with Crippen LogP contribution in [0.2, 0.25) is 0 Å². The number of esters is 1. The average Bonchev–Trinajstić information content (AvgIpc) is 3.68. The zero-order valence-electron chi connectivity index (χ0n) is 27.8. The second kappa shape index (κ2) is 17.3. The van der Waals surface area contributed by atoms with Gasteiger partial charge in [-0.2, -0.15) is 0 Å². The Labute approximate surface area is 277 Å². The molecule has 0 fully saturated rings. The van der Waals surface area contributed by atoms with Crippen molar-refractivity contribution < 1.29 is 38.6 Å². The van der Waals surface area contributed by atoms with Gasteiger partial charge in [0.15, 0.2) is 6.04 Å². The summed E-state index contributed by atoms with van der Waals surface area (Å²) >= 11 is 2.42. The predicted octanol–water partition coefficient (Wildman–Crippen LogP) is 3.32. The zero-order valence-corrected chi connectivity index (χ0v) is 29.4. The van der Waals surface area contributed by atoms with Gasteiger partial charge in [-0.05, 0) is 39.5 Å². The number of hydrogen-bond donors (Lipinski definition) is 5. The summed E-state index contributed by atoms with van der Waals surface area (Å²) < 4.78 is 9.90. The topological polar surface area (TPSA) is 198 Å². The van der Waals surface area contributed by atoms with Crippen molar-refractivity contribution in [2.45, 2.75) is 105 Å². The molecule has 0 spiro atoms. The van der Waals surface area contributed by atoms with Crippen LogP contribution in [-0.2, 0) is 25.6 Å². The number of aliphatic hydroxyl groups excluding tert-OH is 1. The molecule has 46 heavy (non-hydrogen) atoms. The molecule has 2 rings (SSSR count). The van der Waals surface area contributed by atoms with Crippen molar-refractivity contribution in [2.24, 2.45) is 11.8 Å². The Morgan fingerprint density at radius 1 is 0.870 bits per heavy atom. The summed E-state index contributed by atoms with van der Waals surface area (Å²) in [6, 6.07) is -2.86. The van der Waals surface area contributed by atoms with E-state index in [1.54, 1.807) is 38.5 Å². The molecule has 0 aromatic carbocycles. The summed E-state index contributed by atoms with van der Waals surface area (Å²) in [5.41, 5.74) is -0.399. The Hall–Kier alpha value is -3.63. The number of methoxy groups -OCH3 is 1. The SMILES string of the molecule is CC[C@H](C)[C@H](NC(=O)c1csc([C@H](NC(=O)c2csc(CNC(=O)OC(C)(C)C)n2)[C@@H](C)CC)n1)C(=O)N[C@H](C(=O)OC)[C@H](C)O. The number of nitrogens with one attached hydrogen (secondary N) is 4. The van der Waals surface area contributed by atoms with Gasteiger partial charge in [0, 0.05) is 10.8 Å². The summed E-state index contributed by atoms with van der Waals surface area (Å²) in [5.74, 6) is -2.87. The maximum atomic E-state index is 13.3. The van der Waals surface area contributed by atoms with Gasteiger partial charge in [0.2, 0.25) is 5.91 Å². The van der Waals surface area contributed by atoms with Crippen molar-refractivity contribution in [3.05, 3.63) is 32.2 Å². The lowest BCUT2D eigenvalue weighted by molar-refractivity contribution is -0.148. The fourth-order valence-corrected chi connectivity index (χ4v) is 5.75. The minimum Gasteiger partial charge on any atom is -0.467 e. The number of amides is 4. The lowest BCUT2D eigenvalue weighted by Crippen LogP contribution is -2.56. The van der Waals surface area contributed by atoms with Gasteiger partial charge in [0.25, 0.3) is 11.8 Å². The molecule has 0 unspecified atom stereocenters.